The van der Waals surface area contributed by atoms with Crippen LogP contribution in [0.3, 0.4) is 0 Å². The van der Waals surface area contributed by atoms with Gasteiger partial charge in [0.05, 0.1) is 25.9 Å². The van der Waals surface area contributed by atoms with Crippen molar-refractivity contribution < 1.29 is 27.8 Å². The van der Waals surface area contributed by atoms with Crippen LogP contribution in [0.2, 0.25) is 0 Å². The van der Waals surface area contributed by atoms with E-state index in [2.05, 4.69) is 49.6 Å². The van der Waals surface area contributed by atoms with Crippen molar-refractivity contribution in [3.8, 4) is 17.2 Å². The van der Waals surface area contributed by atoms with Crippen LogP contribution in [0.15, 0.2) is 72.8 Å². The lowest BCUT2D eigenvalue weighted by molar-refractivity contribution is -0.146. The van der Waals surface area contributed by atoms with Crippen LogP contribution in [0.4, 0.5) is 13.2 Å². The maximum atomic E-state index is 13.7. The Labute approximate surface area is 247 Å². The second-order valence-electron chi connectivity index (χ2n) is 11.0. The average molecular weight is 595 g/mol. The summed E-state index contributed by atoms with van der Waals surface area (Å²) < 4.78 is 53.2. The molecular weight excluding hydrogens is 561 g/mol. The quantitative estimate of drug-likeness (QED) is 0.326. The Balaban J connectivity index is 1.40. The maximum absolute atomic E-state index is 13.7. The molecule has 0 spiro atoms. The fourth-order valence-corrected chi connectivity index (χ4v) is 6.71. The highest BCUT2D eigenvalue weighted by molar-refractivity contribution is 5.58. The summed E-state index contributed by atoms with van der Waals surface area (Å²) >= 11 is 0. The minimum absolute atomic E-state index is 0.0252. The molecule has 0 saturated carbocycles. The number of benzene rings is 3. The summed E-state index contributed by atoms with van der Waals surface area (Å²) in [4.78, 5) is 4.70. The van der Waals surface area contributed by atoms with E-state index in [-0.39, 0.29) is 29.4 Å². The Hall–Kier alpha value is -4.00. The second-order valence-corrected chi connectivity index (χ2v) is 11.0. The van der Waals surface area contributed by atoms with Crippen molar-refractivity contribution >= 4 is 0 Å². The number of halogens is 3. The van der Waals surface area contributed by atoms with Gasteiger partial charge in [0, 0.05) is 44.2 Å². The van der Waals surface area contributed by atoms with E-state index >= 15 is 0 Å². The van der Waals surface area contributed by atoms with Crippen LogP contribution in [0.25, 0.3) is 5.69 Å². The summed E-state index contributed by atoms with van der Waals surface area (Å²) in [5.74, 6) is -0.534. The van der Waals surface area contributed by atoms with Gasteiger partial charge >= 0.3 is 6.18 Å². The summed E-state index contributed by atoms with van der Waals surface area (Å²) in [5, 5.41) is 20.9. The number of piperazine rings is 1. The molecule has 0 radical (unpaired) electrons. The normalized spacial score (nSPS) is 21.2. The number of ether oxygens (including phenoxy) is 2. The summed E-state index contributed by atoms with van der Waals surface area (Å²) in [6.45, 7) is 2.24. The van der Waals surface area contributed by atoms with E-state index < -0.39 is 18.1 Å². The molecule has 3 atom stereocenters. The zero-order valence-corrected chi connectivity index (χ0v) is 23.9. The third-order valence-corrected chi connectivity index (χ3v) is 8.43. The molecule has 6 rings (SSSR count). The van der Waals surface area contributed by atoms with Crippen molar-refractivity contribution in [3.05, 3.63) is 95.3 Å². The topological polar surface area (TPSA) is 88.8 Å². The van der Waals surface area contributed by atoms with Crippen LogP contribution in [0.5, 0.6) is 11.5 Å². The molecule has 0 aliphatic carbocycles. The molecule has 1 aromatic heterocycles. The third kappa shape index (κ3) is 5.69. The number of rotatable bonds is 8. The fraction of sp³-hybridized carbons (Fsp3) is 0.387. The second kappa shape index (κ2) is 11.9. The number of aliphatic hydroxyl groups is 1. The Kier molecular flexibility index (Phi) is 8.08. The van der Waals surface area contributed by atoms with Crippen molar-refractivity contribution in [2.75, 3.05) is 33.9 Å². The molecule has 12 heteroatoms. The summed E-state index contributed by atoms with van der Waals surface area (Å²) in [6.07, 6.45) is -4.56. The molecule has 9 nitrogen and oxygen atoms in total. The van der Waals surface area contributed by atoms with E-state index in [9.17, 15) is 18.3 Å². The van der Waals surface area contributed by atoms with Gasteiger partial charge in [0.25, 0.3) is 5.82 Å². The van der Waals surface area contributed by atoms with Crippen LogP contribution < -0.4 is 9.47 Å². The number of hydrogen-bond donors (Lipinski definition) is 1. The van der Waals surface area contributed by atoms with E-state index in [0.717, 1.165) is 0 Å². The van der Waals surface area contributed by atoms with E-state index in [4.69, 9.17) is 9.47 Å². The molecular formula is C31H33F3N6O3. The first-order valence-corrected chi connectivity index (χ1v) is 14.1. The predicted molar refractivity (Wildman–Crippen MR) is 152 cm³/mol. The molecule has 1 N–H and O–H groups in total. The van der Waals surface area contributed by atoms with Gasteiger partial charge in [-0.05, 0) is 40.1 Å². The van der Waals surface area contributed by atoms with Gasteiger partial charge < -0.3 is 14.6 Å². The average Bonchev–Trinajstić information content (AvgIpc) is 3.65. The highest BCUT2D eigenvalue weighted by Gasteiger charge is 2.45. The number of aromatic nitrogens is 4. The third-order valence-electron chi connectivity index (χ3n) is 8.43. The lowest BCUT2D eigenvalue weighted by Gasteiger charge is -2.47. The van der Waals surface area contributed by atoms with Gasteiger partial charge in [0.2, 0.25) is 0 Å². The summed E-state index contributed by atoms with van der Waals surface area (Å²) in [6, 6.07) is 23.9. The zero-order valence-electron chi connectivity index (χ0n) is 23.9. The van der Waals surface area contributed by atoms with Gasteiger partial charge in [-0.1, -0.05) is 60.7 Å². The number of fused-ring (bicyclic) bond motifs is 1. The number of methoxy groups -OCH3 is 2. The Morgan fingerprint density at radius 3 is 2.19 bits per heavy atom. The molecule has 3 heterocycles. The largest absolute Gasteiger partial charge is 0.496 e. The molecule has 0 unspecified atom stereocenters. The molecule has 2 aliphatic rings. The SMILES string of the molecule is COc1ccc(-n2nnnc2C(F)(F)F)c(OC)c1CN1C[C@@H]2C[C@H](O)CN2[C@H](C(c2ccccc2)c2ccccc2)C1. The van der Waals surface area contributed by atoms with Crippen molar-refractivity contribution in [2.45, 2.75) is 43.2 Å². The molecule has 4 aromatic rings. The van der Waals surface area contributed by atoms with Gasteiger partial charge in [-0.2, -0.15) is 17.9 Å². The molecule has 2 aliphatic heterocycles. The van der Waals surface area contributed by atoms with Gasteiger partial charge in [0.15, 0.2) is 5.75 Å². The molecule has 3 aromatic carbocycles. The molecule has 43 heavy (non-hydrogen) atoms. The predicted octanol–water partition coefficient (Wildman–Crippen LogP) is 4.15. The Morgan fingerprint density at radius 2 is 1.58 bits per heavy atom. The van der Waals surface area contributed by atoms with Crippen LogP contribution in [0, 0.1) is 0 Å². The minimum Gasteiger partial charge on any atom is -0.496 e. The smallest absolute Gasteiger partial charge is 0.453 e. The first-order valence-electron chi connectivity index (χ1n) is 14.1. The molecule has 226 valence electrons. The van der Waals surface area contributed by atoms with E-state index in [1.54, 1.807) is 6.07 Å². The van der Waals surface area contributed by atoms with Gasteiger partial charge in [0.1, 0.15) is 11.4 Å². The maximum Gasteiger partial charge on any atom is 0.453 e. The number of aliphatic hydroxyl groups excluding tert-OH is 1. The van der Waals surface area contributed by atoms with Crippen LogP contribution in [-0.4, -0.2) is 87.2 Å². The highest BCUT2D eigenvalue weighted by atomic mass is 19.4. The van der Waals surface area contributed by atoms with Crippen LogP contribution >= 0.6 is 0 Å². The summed E-state index contributed by atoms with van der Waals surface area (Å²) in [7, 11) is 2.93. The minimum atomic E-state index is -4.76. The Bertz CT molecular complexity index is 1500. The van der Waals surface area contributed by atoms with E-state index in [1.165, 1.54) is 31.4 Å². The zero-order chi connectivity index (χ0) is 30.1. The standard InChI is InChI=1S/C31H33F3N6O3/c1-42-27-14-13-25(40-30(31(32,33)34)35-36-37-40)29(43-2)24(27)18-38-16-22-15-23(41)17-39(22)26(19-38)28(20-9-5-3-6-10-20)21-11-7-4-8-12-21/h3-14,22-23,26,28,41H,15-19H2,1-2H3/t22-,23-,26-/m0/s1. The molecule has 2 fully saturated rings. The van der Waals surface area contributed by atoms with Crippen molar-refractivity contribution in [3.63, 3.8) is 0 Å². The van der Waals surface area contributed by atoms with E-state index in [1.807, 2.05) is 36.4 Å². The lowest BCUT2D eigenvalue weighted by atomic mass is 9.82. The number of nitrogens with zero attached hydrogens (tertiary/aromatic N) is 6. The van der Waals surface area contributed by atoms with Crippen molar-refractivity contribution in [1.82, 2.24) is 30.0 Å². The molecule has 2 saturated heterocycles. The number of tetrazole rings is 1. The van der Waals surface area contributed by atoms with Gasteiger partial charge in [-0.3, -0.25) is 9.80 Å². The van der Waals surface area contributed by atoms with Crippen LogP contribution in [-0.2, 0) is 12.7 Å². The lowest BCUT2D eigenvalue weighted by Crippen LogP contribution is -2.58. The number of hydrogen-bond acceptors (Lipinski definition) is 8. The van der Waals surface area contributed by atoms with Crippen LogP contribution in [0.1, 0.15) is 34.9 Å². The first-order chi connectivity index (χ1) is 20.8. The Morgan fingerprint density at radius 1 is 0.907 bits per heavy atom. The highest BCUT2D eigenvalue weighted by Crippen LogP contribution is 2.41. The van der Waals surface area contributed by atoms with Gasteiger partial charge in [-0.15, -0.1) is 5.10 Å². The molecule has 0 amide bonds. The monoisotopic (exact) mass is 594 g/mol. The fourth-order valence-electron chi connectivity index (χ4n) is 6.71. The number of alkyl halides is 3. The van der Waals surface area contributed by atoms with Gasteiger partial charge in [-0.25, -0.2) is 0 Å². The first kappa shape index (κ1) is 29.1. The van der Waals surface area contributed by atoms with Crippen molar-refractivity contribution in [2.24, 2.45) is 0 Å². The van der Waals surface area contributed by atoms with E-state index in [0.29, 0.717) is 48.6 Å². The molecule has 0 bridgehead atoms. The summed E-state index contributed by atoms with van der Waals surface area (Å²) in [5.41, 5.74) is 3.01. The van der Waals surface area contributed by atoms with Crippen molar-refractivity contribution in [1.29, 1.82) is 0 Å².